The fourth-order valence-corrected chi connectivity index (χ4v) is 3.15. The molecule has 108 valence electrons. The quantitative estimate of drug-likeness (QED) is 0.892. The van der Waals surface area contributed by atoms with Crippen LogP contribution in [0.25, 0.3) is 0 Å². The Morgan fingerprint density at radius 1 is 1.24 bits per heavy atom. The molecular formula is C16H15NO3S. The van der Waals surface area contributed by atoms with Gasteiger partial charge in [-0.1, -0.05) is 30.3 Å². The molecule has 1 saturated carbocycles. The smallest absolute Gasteiger partial charge is 0.345 e. The van der Waals surface area contributed by atoms with Gasteiger partial charge in [0.1, 0.15) is 4.88 Å². The third kappa shape index (κ3) is 2.83. The number of thiophene rings is 1. The summed E-state index contributed by atoms with van der Waals surface area (Å²) in [7, 11) is 0. The van der Waals surface area contributed by atoms with E-state index in [1.807, 2.05) is 18.2 Å². The molecule has 1 fully saturated rings. The topological polar surface area (TPSA) is 66.4 Å². The van der Waals surface area contributed by atoms with Crippen molar-refractivity contribution in [2.75, 3.05) is 6.54 Å². The molecule has 2 aromatic rings. The predicted octanol–water partition coefficient (Wildman–Crippen LogP) is 2.91. The lowest BCUT2D eigenvalue weighted by atomic mass is 9.96. The Balaban J connectivity index is 1.65. The van der Waals surface area contributed by atoms with E-state index in [9.17, 15) is 9.59 Å². The molecule has 0 atom stereocenters. The Hall–Kier alpha value is -2.14. The average Bonchev–Trinajstić information content (AvgIpc) is 3.12. The van der Waals surface area contributed by atoms with E-state index in [1.54, 1.807) is 5.38 Å². The lowest BCUT2D eigenvalue weighted by Crippen LogP contribution is -2.32. The Bertz CT molecular complexity index is 674. The van der Waals surface area contributed by atoms with Gasteiger partial charge in [-0.2, -0.15) is 0 Å². The average molecular weight is 301 g/mol. The maximum atomic E-state index is 12.1. The molecule has 0 saturated heterocycles. The number of nitrogens with one attached hydrogen (secondary N) is 1. The van der Waals surface area contributed by atoms with Crippen LogP contribution >= 0.6 is 11.3 Å². The third-order valence-electron chi connectivity index (χ3n) is 3.90. The van der Waals surface area contributed by atoms with Crippen LogP contribution in [0.4, 0.5) is 0 Å². The molecule has 0 radical (unpaired) electrons. The molecule has 0 bridgehead atoms. The van der Waals surface area contributed by atoms with Crippen molar-refractivity contribution in [2.24, 2.45) is 0 Å². The summed E-state index contributed by atoms with van der Waals surface area (Å²) in [6.07, 6.45) is 2.14. The van der Waals surface area contributed by atoms with Crippen LogP contribution in [0.5, 0.6) is 0 Å². The SMILES string of the molecule is O=C(NCC1(c2ccccc2)CC1)c1csc(C(=O)O)c1. The first-order chi connectivity index (χ1) is 10.1. The van der Waals surface area contributed by atoms with E-state index < -0.39 is 5.97 Å². The van der Waals surface area contributed by atoms with Crippen molar-refractivity contribution in [1.82, 2.24) is 5.32 Å². The maximum absolute atomic E-state index is 12.1. The Morgan fingerprint density at radius 3 is 2.52 bits per heavy atom. The van der Waals surface area contributed by atoms with E-state index in [1.165, 1.54) is 11.6 Å². The number of hydrogen-bond donors (Lipinski definition) is 2. The van der Waals surface area contributed by atoms with Crippen LogP contribution in [0.2, 0.25) is 0 Å². The van der Waals surface area contributed by atoms with E-state index in [4.69, 9.17) is 5.11 Å². The minimum absolute atomic E-state index is 0.0581. The number of carbonyl (C=O) groups excluding carboxylic acids is 1. The number of carboxylic acids is 1. The van der Waals surface area contributed by atoms with Gasteiger partial charge in [0.25, 0.3) is 5.91 Å². The Labute approximate surface area is 126 Å². The zero-order chi connectivity index (χ0) is 14.9. The van der Waals surface area contributed by atoms with Crippen LogP contribution in [0, 0.1) is 0 Å². The number of aromatic carboxylic acids is 1. The van der Waals surface area contributed by atoms with Gasteiger partial charge >= 0.3 is 5.97 Å². The maximum Gasteiger partial charge on any atom is 0.345 e. The molecule has 4 nitrogen and oxygen atoms in total. The number of amides is 1. The summed E-state index contributed by atoms with van der Waals surface area (Å²) < 4.78 is 0. The summed E-state index contributed by atoms with van der Waals surface area (Å²) in [4.78, 5) is 23.1. The van der Waals surface area contributed by atoms with Gasteiger partial charge in [-0.3, -0.25) is 4.79 Å². The largest absolute Gasteiger partial charge is 0.477 e. The second-order valence-corrected chi connectivity index (χ2v) is 6.25. The predicted molar refractivity (Wildman–Crippen MR) is 81.0 cm³/mol. The molecular weight excluding hydrogens is 286 g/mol. The second-order valence-electron chi connectivity index (χ2n) is 5.33. The lowest BCUT2D eigenvalue weighted by Gasteiger charge is -2.16. The monoisotopic (exact) mass is 301 g/mol. The lowest BCUT2D eigenvalue weighted by molar-refractivity contribution is 0.0702. The zero-order valence-corrected chi connectivity index (χ0v) is 12.2. The normalized spacial score (nSPS) is 15.4. The molecule has 2 N–H and O–H groups in total. The number of hydrogen-bond acceptors (Lipinski definition) is 3. The summed E-state index contributed by atoms with van der Waals surface area (Å²) in [5.41, 5.74) is 1.73. The molecule has 1 aromatic carbocycles. The van der Waals surface area contributed by atoms with Gasteiger partial charge in [0.05, 0.1) is 5.56 Å². The van der Waals surface area contributed by atoms with Gasteiger partial charge in [0.2, 0.25) is 0 Å². The van der Waals surface area contributed by atoms with Crippen molar-refractivity contribution in [2.45, 2.75) is 18.3 Å². The third-order valence-corrected chi connectivity index (χ3v) is 4.82. The minimum atomic E-state index is -0.998. The summed E-state index contributed by atoms with van der Waals surface area (Å²) in [5, 5.41) is 13.4. The highest BCUT2D eigenvalue weighted by Crippen LogP contribution is 2.47. The van der Waals surface area contributed by atoms with Gasteiger partial charge < -0.3 is 10.4 Å². The molecule has 21 heavy (non-hydrogen) atoms. The fraction of sp³-hybridized carbons (Fsp3) is 0.250. The minimum Gasteiger partial charge on any atom is -0.477 e. The molecule has 1 heterocycles. The van der Waals surface area contributed by atoms with Crippen molar-refractivity contribution in [3.8, 4) is 0 Å². The van der Waals surface area contributed by atoms with Gasteiger partial charge in [-0.25, -0.2) is 4.79 Å². The van der Waals surface area contributed by atoms with E-state index >= 15 is 0 Å². The molecule has 0 unspecified atom stereocenters. The number of benzene rings is 1. The van der Waals surface area contributed by atoms with Gasteiger partial charge in [-0.05, 0) is 24.5 Å². The highest BCUT2D eigenvalue weighted by Gasteiger charge is 2.44. The Morgan fingerprint density at radius 2 is 1.95 bits per heavy atom. The number of rotatable bonds is 5. The molecule has 1 aliphatic carbocycles. The fourth-order valence-electron chi connectivity index (χ4n) is 2.43. The van der Waals surface area contributed by atoms with Crippen LogP contribution in [0.1, 0.15) is 38.4 Å². The zero-order valence-electron chi connectivity index (χ0n) is 11.3. The van der Waals surface area contributed by atoms with Crippen LogP contribution in [0.3, 0.4) is 0 Å². The summed E-state index contributed by atoms with van der Waals surface area (Å²) in [5.74, 6) is -1.21. The van der Waals surface area contributed by atoms with Crippen molar-refractivity contribution < 1.29 is 14.7 Å². The first-order valence-electron chi connectivity index (χ1n) is 6.76. The first-order valence-corrected chi connectivity index (χ1v) is 7.64. The Kier molecular flexibility index (Phi) is 3.51. The van der Waals surface area contributed by atoms with Crippen molar-refractivity contribution in [3.63, 3.8) is 0 Å². The van der Waals surface area contributed by atoms with E-state index in [0.717, 1.165) is 24.2 Å². The number of carboxylic acid groups (broad SMARTS) is 1. The van der Waals surface area contributed by atoms with E-state index in [-0.39, 0.29) is 16.2 Å². The van der Waals surface area contributed by atoms with Gasteiger partial charge in [0.15, 0.2) is 0 Å². The molecule has 1 aliphatic rings. The first kappa shape index (κ1) is 13.8. The van der Waals surface area contributed by atoms with Gasteiger partial charge in [0, 0.05) is 17.3 Å². The van der Waals surface area contributed by atoms with Crippen LogP contribution in [-0.4, -0.2) is 23.5 Å². The molecule has 5 heteroatoms. The second kappa shape index (κ2) is 5.33. The molecule has 3 rings (SSSR count). The van der Waals surface area contributed by atoms with Crippen molar-refractivity contribution >= 4 is 23.2 Å². The highest BCUT2D eigenvalue weighted by molar-refractivity contribution is 7.12. The summed E-state index contributed by atoms with van der Waals surface area (Å²) >= 11 is 1.07. The van der Waals surface area contributed by atoms with Crippen LogP contribution < -0.4 is 5.32 Å². The molecule has 1 amide bonds. The standard InChI is InChI=1S/C16H15NO3S/c18-14(11-8-13(15(19)20)21-9-11)17-10-16(6-7-16)12-4-2-1-3-5-12/h1-5,8-9H,6-7,10H2,(H,17,18)(H,19,20). The van der Waals surface area contributed by atoms with Crippen molar-refractivity contribution in [1.29, 1.82) is 0 Å². The van der Waals surface area contributed by atoms with E-state index in [0.29, 0.717) is 12.1 Å². The molecule has 0 aliphatic heterocycles. The highest BCUT2D eigenvalue weighted by atomic mass is 32.1. The number of carbonyl (C=O) groups is 2. The summed E-state index contributed by atoms with van der Waals surface area (Å²) in [6.45, 7) is 0.591. The molecule has 1 aromatic heterocycles. The van der Waals surface area contributed by atoms with Gasteiger partial charge in [-0.15, -0.1) is 11.3 Å². The summed E-state index contributed by atoms with van der Waals surface area (Å²) in [6, 6.07) is 11.6. The van der Waals surface area contributed by atoms with Crippen LogP contribution in [-0.2, 0) is 5.41 Å². The molecule has 0 spiro atoms. The van der Waals surface area contributed by atoms with E-state index in [2.05, 4.69) is 17.4 Å². The van der Waals surface area contributed by atoms with Crippen LogP contribution in [0.15, 0.2) is 41.8 Å². The van der Waals surface area contributed by atoms with Crippen molar-refractivity contribution in [3.05, 3.63) is 57.8 Å².